The molecule has 0 amide bonds. The topological polar surface area (TPSA) is 37.3 Å². The molecule has 2 heteroatoms. The lowest BCUT2D eigenvalue weighted by molar-refractivity contribution is -0.117. The maximum Gasteiger partial charge on any atom is 0.130 e. The van der Waals surface area contributed by atoms with Crippen molar-refractivity contribution in [3.63, 3.8) is 0 Å². The van der Waals surface area contributed by atoms with Gasteiger partial charge in [0, 0.05) is 13.0 Å². The van der Waals surface area contributed by atoms with E-state index < -0.39 is 0 Å². The van der Waals surface area contributed by atoms with Crippen molar-refractivity contribution in [2.45, 2.75) is 26.7 Å². The number of ketones is 1. The van der Waals surface area contributed by atoms with Gasteiger partial charge in [0.1, 0.15) is 5.78 Å². The van der Waals surface area contributed by atoms with E-state index >= 15 is 0 Å². The first-order valence-corrected chi connectivity index (χ1v) is 3.27. The molecule has 1 N–H and O–H groups in total. The number of aliphatic hydroxyl groups is 1. The quantitative estimate of drug-likeness (QED) is 0.616. The van der Waals surface area contributed by atoms with Gasteiger partial charge in [-0.25, -0.2) is 0 Å². The lowest BCUT2D eigenvalue weighted by Gasteiger charge is -2.04. The minimum Gasteiger partial charge on any atom is -0.396 e. The van der Waals surface area contributed by atoms with Crippen LogP contribution in [0.5, 0.6) is 0 Å². The second kappa shape index (κ2) is 4.50. The highest BCUT2D eigenvalue weighted by atomic mass is 16.3. The first kappa shape index (κ1) is 8.63. The predicted octanol–water partition coefficient (Wildman–Crippen LogP) is 0.984. The Morgan fingerprint density at radius 3 is 2.56 bits per heavy atom. The summed E-state index contributed by atoms with van der Waals surface area (Å²) < 4.78 is 0. The number of carbonyl (C=O) groups excluding carboxylic acids is 1. The summed E-state index contributed by atoms with van der Waals surface area (Å²) in [5.74, 6) is 0.545. The Hall–Kier alpha value is -0.370. The molecule has 0 spiro atoms. The van der Waals surface area contributed by atoms with Crippen molar-refractivity contribution in [2.24, 2.45) is 5.92 Å². The summed E-state index contributed by atoms with van der Waals surface area (Å²) in [5, 5.41) is 8.44. The van der Waals surface area contributed by atoms with Crippen LogP contribution in [-0.2, 0) is 4.79 Å². The Kier molecular flexibility index (Phi) is 4.32. The van der Waals surface area contributed by atoms with E-state index in [4.69, 9.17) is 5.11 Å². The summed E-state index contributed by atoms with van der Waals surface area (Å²) in [6.45, 7) is 3.74. The van der Waals surface area contributed by atoms with Gasteiger partial charge < -0.3 is 9.90 Å². The molecule has 0 aromatic heterocycles. The summed E-state index contributed by atoms with van der Waals surface area (Å²) in [4.78, 5) is 10.4. The van der Waals surface area contributed by atoms with E-state index in [1.165, 1.54) is 0 Å². The first-order chi connectivity index (χ1) is 4.16. The molecule has 1 unspecified atom stereocenters. The Morgan fingerprint density at radius 2 is 2.22 bits per heavy atom. The van der Waals surface area contributed by atoms with Crippen LogP contribution in [0.3, 0.4) is 0 Å². The minimum atomic E-state index is 0.189. The SMILES string of the molecule is CC(=O)CC(C)CCO. The van der Waals surface area contributed by atoms with Crippen molar-refractivity contribution < 1.29 is 9.90 Å². The van der Waals surface area contributed by atoms with Crippen LogP contribution in [-0.4, -0.2) is 17.5 Å². The van der Waals surface area contributed by atoms with E-state index in [-0.39, 0.29) is 12.4 Å². The number of carbonyl (C=O) groups is 1. The van der Waals surface area contributed by atoms with Crippen molar-refractivity contribution in [1.82, 2.24) is 0 Å². The van der Waals surface area contributed by atoms with Gasteiger partial charge in [-0.05, 0) is 19.3 Å². The average molecular weight is 130 g/mol. The molecule has 0 aromatic rings. The zero-order valence-electron chi connectivity index (χ0n) is 6.05. The number of Topliss-reactive ketones (excluding diaryl/α,β-unsaturated/α-hetero) is 1. The Balaban J connectivity index is 3.26. The van der Waals surface area contributed by atoms with Gasteiger partial charge in [-0.3, -0.25) is 0 Å². The smallest absolute Gasteiger partial charge is 0.130 e. The lowest BCUT2D eigenvalue weighted by atomic mass is 10.0. The highest BCUT2D eigenvalue weighted by Crippen LogP contribution is 2.05. The molecule has 0 saturated heterocycles. The third-order valence-corrected chi connectivity index (χ3v) is 1.26. The molecule has 0 rings (SSSR count). The first-order valence-electron chi connectivity index (χ1n) is 3.27. The number of rotatable bonds is 4. The fourth-order valence-corrected chi connectivity index (χ4v) is 0.813. The lowest BCUT2D eigenvalue weighted by Crippen LogP contribution is -2.03. The van der Waals surface area contributed by atoms with Crippen LogP contribution in [0.2, 0.25) is 0 Å². The van der Waals surface area contributed by atoms with Gasteiger partial charge >= 0.3 is 0 Å². The molecule has 0 fully saturated rings. The maximum atomic E-state index is 10.4. The summed E-state index contributed by atoms with van der Waals surface area (Å²) in [6, 6.07) is 0. The molecule has 9 heavy (non-hydrogen) atoms. The van der Waals surface area contributed by atoms with Crippen LogP contribution < -0.4 is 0 Å². The van der Waals surface area contributed by atoms with E-state index in [2.05, 4.69) is 0 Å². The molecule has 0 aromatic carbocycles. The van der Waals surface area contributed by atoms with E-state index in [1.807, 2.05) is 6.92 Å². The van der Waals surface area contributed by atoms with Gasteiger partial charge in [0.05, 0.1) is 0 Å². The third-order valence-electron chi connectivity index (χ3n) is 1.26. The molecule has 2 nitrogen and oxygen atoms in total. The van der Waals surface area contributed by atoms with E-state index in [1.54, 1.807) is 6.92 Å². The predicted molar refractivity (Wildman–Crippen MR) is 36.2 cm³/mol. The molecule has 0 aliphatic carbocycles. The second-order valence-corrected chi connectivity index (χ2v) is 2.52. The van der Waals surface area contributed by atoms with Gasteiger partial charge in [0.15, 0.2) is 0 Å². The van der Waals surface area contributed by atoms with Crippen molar-refractivity contribution in [1.29, 1.82) is 0 Å². The highest BCUT2D eigenvalue weighted by Gasteiger charge is 2.02. The molecular formula is C7H14O2. The van der Waals surface area contributed by atoms with Crippen molar-refractivity contribution >= 4 is 5.78 Å². The van der Waals surface area contributed by atoms with Crippen LogP contribution in [0.1, 0.15) is 26.7 Å². The molecule has 0 saturated carbocycles. The fourth-order valence-electron chi connectivity index (χ4n) is 0.813. The molecule has 1 atom stereocenters. The number of hydrogen-bond donors (Lipinski definition) is 1. The third kappa shape index (κ3) is 5.50. The van der Waals surface area contributed by atoms with Gasteiger partial charge in [0.25, 0.3) is 0 Å². The molecule has 54 valence electrons. The summed E-state index contributed by atoms with van der Waals surface area (Å²) in [6.07, 6.45) is 1.33. The highest BCUT2D eigenvalue weighted by molar-refractivity contribution is 5.75. The van der Waals surface area contributed by atoms with Gasteiger partial charge in [-0.2, -0.15) is 0 Å². The largest absolute Gasteiger partial charge is 0.396 e. The average Bonchev–Trinajstić information content (AvgIpc) is 1.63. The van der Waals surface area contributed by atoms with Crippen molar-refractivity contribution in [3.05, 3.63) is 0 Å². The molecule has 0 aliphatic rings. The summed E-state index contributed by atoms with van der Waals surface area (Å²) in [5.41, 5.74) is 0. The van der Waals surface area contributed by atoms with Crippen LogP contribution in [0.25, 0.3) is 0 Å². The normalized spacial score (nSPS) is 13.2. The van der Waals surface area contributed by atoms with Gasteiger partial charge in [0.2, 0.25) is 0 Å². The van der Waals surface area contributed by atoms with Crippen LogP contribution in [0, 0.1) is 5.92 Å². The monoisotopic (exact) mass is 130 g/mol. The zero-order chi connectivity index (χ0) is 7.28. The van der Waals surface area contributed by atoms with E-state index in [0.717, 1.165) is 6.42 Å². The molecule has 0 heterocycles. The zero-order valence-corrected chi connectivity index (χ0v) is 6.05. The number of hydrogen-bond acceptors (Lipinski definition) is 2. The summed E-state index contributed by atoms with van der Waals surface area (Å²) >= 11 is 0. The molecule has 0 bridgehead atoms. The van der Waals surface area contributed by atoms with Crippen LogP contribution in [0.15, 0.2) is 0 Å². The maximum absolute atomic E-state index is 10.4. The second-order valence-electron chi connectivity index (χ2n) is 2.52. The van der Waals surface area contributed by atoms with Gasteiger partial charge in [-0.15, -0.1) is 0 Å². The standard InChI is InChI=1S/C7H14O2/c1-6(3-4-8)5-7(2)9/h6,8H,3-5H2,1-2H3. The fraction of sp³-hybridized carbons (Fsp3) is 0.857. The van der Waals surface area contributed by atoms with Gasteiger partial charge in [-0.1, -0.05) is 6.92 Å². The number of aliphatic hydroxyl groups excluding tert-OH is 1. The van der Waals surface area contributed by atoms with E-state index in [9.17, 15) is 4.79 Å². The molecule has 0 aliphatic heterocycles. The van der Waals surface area contributed by atoms with E-state index in [0.29, 0.717) is 12.3 Å². The van der Waals surface area contributed by atoms with Crippen molar-refractivity contribution in [2.75, 3.05) is 6.61 Å². The molecule has 0 radical (unpaired) electrons. The minimum absolute atomic E-state index is 0.189. The van der Waals surface area contributed by atoms with Crippen molar-refractivity contribution in [3.8, 4) is 0 Å². The molecular weight excluding hydrogens is 116 g/mol. The Morgan fingerprint density at radius 1 is 1.67 bits per heavy atom. The summed E-state index contributed by atoms with van der Waals surface area (Å²) in [7, 11) is 0. The van der Waals surface area contributed by atoms with Crippen LogP contribution >= 0.6 is 0 Å². The Bertz CT molecular complexity index is 88.9. The van der Waals surface area contributed by atoms with Crippen LogP contribution in [0.4, 0.5) is 0 Å². The Labute approximate surface area is 55.9 Å².